The van der Waals surface area contributed by atoms with Gasteiger partial charge in [-0.3, -0.25) is 4.79 Å². The Hall–Kier alpha value is -2.80. The lowest BCUT2D eigenvalue weighted by molar-refractivity contribution is 0.432. The summed E-state index contributed by atoms with van der Waals surface area (Å²) in [4.78, 5) is 19.8. The molecule has 0 atom stereocenters. The number of aromatic nitrogens is 3. The molecule has 2 heterocycles. The van der Waals surface area contributed by atoms with Crippen molar-refractivity contribution in [2.24, 2.45) is 0 Å². The number of H-pyrrole nitrogens is 1. The van der Waals surface area contributed by atoms with E-state index < -0.39 is 5.82 Å². The topological polar surface area (TPSA) is 71.8 Å². The largest absolute Gasteiger partial charge is 0.360 e. The van der Waals surface area contributed by atoms with Crippen molar-refractivity contribution in [1.82, 2.24) is 15.1 Å². The molecule has 4 aromatic rings. The van der Waals surface area contributed by atoms with Crippen LogP contribution in [0.2, 0.25) is 0 Å². The van der Waals surface area contributed by atoms with E-state index in [1.807, 2.05) is 24.3 Å². The van der Waals surface area contributed by atoms with Crippen LogP contribution in [0.4, 0.5) is 4.39 Å². The first-order valence-electron chi connectivity index (χ1n) is 7.03. The molecule has 0 saturated carbocycles. The number of rotatable bonds is 2. The highest BCUT2D eigenvalue weighted by molar-refractivity contribution is 9.10. The maximum Gasteiger partial charge on any atom is 0.263 e. The predicted octanol–water partition coefficient (Wildman–Crippen LogP) is 4.15. The van der Waals surface area contributed by atoms with E-state index in [1.54, 1.807) is 0 Å². The Bertz CT molecular complexity index is 1120. The van der Waals surface area contributed by atoms with E-state index in [0.717, 1.165) is 10.0 Å². The fourth-order valence-corrected chi connectivity index (χ4v) is 2.90. The van der Waals surface area contributed by atoms with Gasteiger partial charge in [0.15, 0.2) is 0 Å². The van der Waals surface area contributed by atoms with Crippen molar-refractivity contribution >= 4 is 26.8 Å². The fourth-order valence-electron chi connectivity index (χ4n) is 2.43. The quantitative estimate of drug-likeness (QED) is 0.562. The molecule has 0 aliphatic heterocycles. The van der Waals surface area contributed by atoms with Crippen molar-refractivity contribution in [3.05, 3.63) is 69.2 Å². The van der Waals surface area contributed by atoms with E-state index >= 15 is 0 Å². The van der Waals surface area contributed by atoms with Crippen molar-refractivity contribution < 1.29 is 8.91 Å². The van der Waals surface area contributed by atoms with Crippen LogP contribution in [-0.2, 0) is 0 Å². The number of aromatic amines is 1. The average molecular weight is 386 g/mol. The van der Waals surface area contributed by atoms with Gasteiger partial charge in [-0.05, 0) is 30.3 Å². The molecule has 4 rings (SSSR count). The fraction of sp³-hybridized carbons (Fsp3) is 0. The van der Waals surface area contributed by atoms with Crippen molar-refractivity contribution in [3.8, 4) is 22.8 Å². The molecular weight excluding hydrogens is 377 g/mol. The number of nitrogens with one attached hydrogen (secondary N) is 1. The van der Waals surface area contributed by atoms with E-state index in [2.05, 4.69) is 31.1 Å². The van der Waals surface area contributed by atoms with Gasteiger partial charge in [-0.2, -0.15) is 4.98 Å². The van der Waals surface area contributed by atoms with Gasteiger partial charge in [0.1, 0.15) is 11.4 Å². The maximum atomic E-state index is 13.4. The van der Waals surface area contributed by atoms with Crippen LogP contribution in [0.3, 0.4) is 0 Å². The summed E-state index contributed by atoms with van der Waals surface area (Å²) in [6, 6.07) is 11.4. The van der Waals surface area contributed by atoms with Crippen molar-refractivity contribution in [3.63, 3.8) is 0 Å². The molecular formula is C17H9BrFN3O2. The Labute approximate surface area is 143 Å². The Morgan fingerprint density at radius 2 is 1.96 bits per heavy atom. The number of benzene rings is 2. The van der Waals surface area contributed by atoms with Crippen molar-refractivity contribution in [1.29, 1.82) is 0 Å². The molecule has 2 aromatic carbocycles. The third-order valence-corrected chi connectivity index (χ3v) is 4.31. The zero-order valence-corrected chi connectivity index (χ0v) is 13.7. The highest BCUT2D eigenvalue weighted by Gasteiger charge is 2.16. The highest BCUT2D eigenvalue weighted by atomic mass is 79.9. The van der Waals surface area contributed by atoms with Crippen LogP contribution >= 0.6 is 15.9 Å². The van der Waals surface area contributed by atoms with Crippen molar-refractivity contribution in [2.75, 3.05) is 0 Å². The van der Waals surface area contributed by atoms with Gasteiger partial charge in [-0.25, -0.2) is 4.39 Å². The van der Waals surface area contributed by atoms with Crippen LogP contribution in [0.5, 0.6) is 0 Å². The Balaban J connectivity index is 1.86. The number of halogens is 2. The number of nitrogens with zero attached hydrogens (tertiary/aromatic N) is 2. The van der Waals surface area contributed by atoms with Crippen LogP contribution in [0, 0.1) is 5.82 Å². The maximum absolute atomic E-state index is 13.4. The molecule has 0 spiro atoms. The van der Waals surface area contributed by atoms with Gasteiger partial charge >= 0.3 is 0 Å². The summed E-state index contributed by atoms with van der Waals surface area (Å²) in [5, 5.41) is 4.15. The zero-order valence-electron chi connectivity index (χ0n) is 12.1. The summed E-state index contributed by atoms with van der Waals surface area (Å²) < 4.78 is 19.4. The molecule has 0 radical (unpaired) electrons. The second-order valence-corrected chi connectivity index (χ2v) is 5.98. The molecule has 0 amide bonds. The Kier molecular flexibility index (Phi) is 3.50. The molecule has 0 fully saturated rings. The molecule has 0 saturated heterocycles. The molecule has 0 aliphatic rings. The van der Waals surface area contributed by atoms with Gasteiger partial charge in [-0.15, -0.1) is 0 Å². The summed E-state index contributed by atoms with van der Waals surface area (Å²) in [5.74, 6) is -0.0473. The third-order valence-electron chi connectivity index (χ3n) is 3.61. The first-order valence-corrected chi connectivity index (χ1v) is 7.83. The summed E-state index contributed by atoms with van der Waals surface area (Å²) in [6.07, 6.45) is 1.49. The molecule has 2 aromatic heterocycles. The van der Waals surface area contributed by atoms with Gasteiger partial charge in [0.25, 0.3) is 5.89 Å². The average Bonchev–Trinajstić information content (AvgIpc) is 3.06. The summed E-state index contributed by atoms with van der Waals surface area (Å²) in [6.45, 7) is 0. The van der Waals surface area contributed by atoms with Crippen LogP contribution < -0.4 is 5.43 Å². The van der Waals surface area contributed by atoms with E-state index in [-0.39, 0.29) is 22.3 Å². The summed E-state index contributed by atoms with van der Waals surface area (Å²) in [7, 11) is 0. The number of hydrogen-bond donors (Lipinski definition) is 1. The standard InChI is InChI=1S/C17H9BrFN3O2/c18-13-4-2-1-3-10(13)16-21-17(24-22-16)12-8-20-14-6-5-9(19)7-11(14)15(12)23/h1-8H,(H,20,23). The smallest absolute Gasteiger partial charge is 0.263 e. The molecule has 0 aliphatic carbocycles. The van der Waals surface area contributed by atoms with Gasteiger partial charge in [0, 0.05) is 27.1 Å². The minimum atomic E-state index is -0.482. The van der Waals surface area contributed by atoms with E-state index in [0.29, 0.717) is 11.3 Å². The SMILES string of the molecule is O=c1c(-c2nc(-c3ccccc3Br)no2)c[nH]c2ccc(F)cc12. The summed E-state index contributed by atoms with van der Waals surface area (Å²) >= 11 is 3.42. The Morgan fingerprint density at radius 1 is 1.12 bits per heavy atom. The van der Waals surface area contributed by atoms with Crippen LogP contribution in [0.25, 0.3) is 33.7 Å². The highest BCUT2D eigenvalue weighted by Crippen LogP contribution is 2.27. The predicted molar refractivity (Wildman–Crippen MR) is 91.0 cm³/mol. The molecule has 118 valence electrons. The van der Waals surface area contributed by atoms with E-state index in [9.17, 15) is 9.18 Å². The second kappa shape index (κ2) is 5.68. The molecule has 7 heteroatoms. The van der Waals surface area contributed by atoms with Crippen LogP contribution in [0.1, 0.15) is 0 Å². The van der Waals surface area contributed by atoms with Crippen molar-refractivity contribution in [2.45, 2.75) is 0 Å². The third kappa shape index (κ3) is 2.43. The monoisotopic (exact) mass is 385 g/mol. The normalized spacial score (nSPS) is 11.1. The number of fused-ring (bicyclic) bond motifs is 1. The van der Waals surface area contributed by atoms with Gasteiger partial charge < -0.3 is 9.51 Å². The van der Waals surface area contributed by atoms with Crippen LogP contribution in [-0.4, -0.2) is 15.1 Å². The zero-order chi connectivity index (χ0) is 16.7. The molecule has 0 unspecified atom stereocenters. The van der Waals surface area contributed by atoms with Gasteiger partial charge in [0.05, 0.1) is 0 Å². The van der Waals surface area contributed by atoms with E-state index in [4.69, 9.17) is 4.52 Å². The lowest BCUT2D eigenvalue weighted by Gasteiger charge is -2.00. The van der Waals surface area contributed by atoms with E-state index in [1.165, 1.54) is 24.4 Å². The molecule has 24 heavy (non-hydrogen) atoms. The first-order chi connectivity index (χ1) is 11.6. The second-order valence-electron chi connectivity index (χ2n) is 5.12. The molecule has 1 N–H and O–H groups in total. The first kappa shape index (κ1) is 14.8. The number of hydrogen-bond acceptors (Lipinski definition) is 4. The molecule has 0 bridgehead atoms. The van der Waals surface area contributed by atoms with Crippen LogP contribution in [0.15, 0.2) is 62.5 Å². The lowest BCUT2D eigenvalue weighted by atomic mass is 10.1. The minimum Gasteiger partial charge on any atom is -0.360 e. The number of pyridine rings is 1. The minimum absolute atomic E-state index is 0.0770. The lowest BCUT2D eigenvalue weighted by Crippen LogP contribution is -2.06. The summed E-state index contributed by atoms with van der Waals surface area (Å²) in [5.41, 5.74) is 1.11. The van der Waals surface area contributed by atoms with Gasteiger partial charge in [0.2, 0.25) is 11.3 Å². The van der Waals surface area contributed by atoms with Gasteiger partial charge in [-0.1, -0.05) is 33.2 Å². The molecule has 5 nitrogen and oxygen atoms in total. The Morgan fingerprint density at radius 3 is 2.79 bits per heavy atom.